The van der Waals surface area contributed by atoms with Crippen molar-refractivity contribution in [2.24, 2.45) is 0 Å². The van der Waals surface area contributed by atoms with Gasteiger partial charge in [-0.15, -0.1) is 16.4 Å². The minimum absolute atomic E-state index is 0.284. The van der Waals surface area contributed by atoms with Gasteiger partial charge in [-0.1, -0.05) is 17.3 Å². The monoisotopic (exact) mass is 369 g/mol. The molecule has 0 bridgehead atoms. The highest BCUT2D eigenvalue weighted by Gasteiger charge is 2.25. The summed E-state index contributed by atoms with van der Waals surface area (Å²) in [5.41, 5.74) is 2.16. The van der Waals surface area contributed by atoms with Crippen LogP contribution in [0.4, 0.5) is 0 Å². The molecular weight excluding hydrogens is 350 g/mol. The summed E-state index contributed by atoms with van der Waals surface area (Å²) < 4.78 is 1.88. The molecule has 0 unspecified atom stereocenters. The van der Waals surface area contributed by atoms with Gasteiger partial charge in [-0.25, -0.2) is 9.78 Å². The van der Waals surface area contributed by atoms with Gasteiger partial charge in [0.05, 0.1) is 24.0 Å². The van der Waals surface area contributed by atoms with Crippen LogP contribution >= 0.6 is 11.3 Å². The maximum Gasteiger partial charge on any atom is 0.335 e. The summed E-state index contributed by atoms with van der Waals surface area (Å²) in [7, 11) is 0. The molecule has 2 aromatic heterocycles. The van der Waals surface area contributed by atoms with Crippen molar-refractivity contribution in [1.82, 2.24) is 24.9 Å². The first-order chi connectivity index (χ1) is 12.7. The first-order valence-corrected chi connectivity index (χ1v) is 9.43. The molecular formula is C18H19N5O2S. The van der Waals surface area contributed by atoms with Gasteiger partial charge in [-0.05, 0) is 31.5 Å². The lowest BCUT2D eigenvalue weighted by Crippen LogP contribution is -2.32. The molecule has 8 heteroatoms. The summed E-state index contributed by atoms with van der Waals surface area (Å²) in [6.07, 6.45) is 5.93. The molecule has 1 aliphatic heterocycles. The highest BCUT2D eigenvalue weighted by atomic mass is 32.1. The van der Waals surface area contributed by atoms with Crippen LogP contribution in [0.1, 0.15) is 28.9 Å². The van der Waals surface area contributed by atoms with Crippen molar-refractivity contribution >= 4 is 17.3 Å². The maximum atomic E-state index is 11.2. The summed E-state index contributed by atoms with van der Waals surface area (Å²) in [5.74, 6) is -0.920. The number of carboxylic acid groups (broad SMARTS) is 1. The van der Waals surface area contributed by atoms with Crippen LogP contribution in [0.15, 0.2) is 42.0 Å². The minimum Gasteiger partial charge on any atom is -0.478 e. The number of hydrogen-bond donors (Lipinski definition) is 1. The number of thiazole rings is 1. The van der Waals surface area contributed by atoms with E-state index in [0.717, 1.165) is 42.3 Å². The quantitative estimate of drug-likeness (QED) is 0.719. The van der Waals surface area contributed by atoms with Crippen molar-refractivity contribution in [2.45, 2.75) is 32.0 Å². The Balaban J connectivity index is 1.46. The van der Waals surface area contributed by atoms with Crippen LogP contribution in [-0.4, -0.2) is 48.5 Å². The second kappa shape index (κ2) is 7.35. The minimum atomic E-state index is -0.920. The fourth-order valence-electron chi connectivity index (χ4n) is 3.36. The Kier molecular flexibility index (Phi) is 4.77. The summed E-state index contributed by atoms with van der Waals surface area (Å²) in [6, 6.07) is 7.37. The number of rotatable bonds is 6. The molecule has 0 saturated carbocycles. The summed E-state index contributed by atoms with van der Waals surface area (Å²) in [5, 5.41) is 20.0. The van der Waals surface area contributed by atoms with Gasteiger partial charge in [0.2, 0.25) is 0 Å². The van der Waals surface area contributed by atoms with E-state index in [2.05, 4.69) is 20.6 Å². The van der Waals surface area contributed by atoms with Crippen LogP contribution < -0.4 is 0 Å². The molecule has 3 aromatic rings. The van der Waals surface area contributed by atoms with Crippen LogP contribution in [0.3, 0.4) is 0 Å². The Morgan fingerprint density at radius 1 is 1.38 bits per heavy atom. The van der Waals surface area contributed by atoms with E-state index in [9.17, 15) is 4.79 Å². The van der Waals surface area contributed by atoms with Crippen LogP contribution in [0.2, 0.25) is 0 Å². The Morgan fingerprint density at radius 3 is 3.12 bits per heavy atom. The molecule has 1 atom stereocenters. The third-order valence-electron chi connectivity index (χ3n) is 4.64. The first-order valence-electron chi connectivity index (χ1n) is 8.55. The Morgan fingerprint density at radius 2 is 2.31 bits per heavy atom. The van der Waals surface area contributed by atoms with Gasteiger partial charge in [-0.3, -0.25) is 9.58 Å². The molecule has 134 valence electrons. The lowest BCUT2D eigenvalue weighted by Gasteiger charge is -2.23. The summed E-state index contributed by atoms with van der Waals surface area (Å²) in [4.78, 5) is 18.3. The van der Waals surface area contributed by atoms with Crippen molar-refractivity contribution in [2.75, 3.05) is 6.54 Å². The molecule has 1 N–H and O–H groups in total. The predicted molar refractivity (Wildman–Crippen MR) is 98.0 cm³/mol. The highest BCUT2D eigenvalue weighted by Crippen LogP contribution is 2.27. The molecule has 4 rings (SSSR count). The topological polar surface area (TPSA) is 84.1 Å². The van der Waals surface area contributed by atoms with Gasteiger partial charge in [0.1, 0.15) is 5.01 Å². The van der Waals surface area contributed by atoms with E-state index in [-0.39, 0.29) is 5.56 Å². The Hall–Kier alpha value is -2.58. The van der Waals surface area contributed by atoms with Crippen molar-refractivity contribution in [1.29, 1.82) is 0 Å². The van der Waals surface area contributed by atoms with Crippen LogP contribution in [0.25, 0.3) is 10.6 Å². The number of carboxylic acids is 1. The largest absolute Gasteiger partial charge is 0.478 e. The maximum absolute atomic E-state index is 11.2. The number of aromatic nitrogens is 4. The first kappa shape index (κ1) is 16.9. The molecule has 7 nitrogen and oxygen atoms in total. The number of hydrogen-bond acceptors (Lipinski definition) is 6. The second-order valence-corrected chi connectivity index (χ2v) is 7.28. The van der Waals surface area contributed by atoms with Crippen molar-refractivity contribution in [3.8, 4) is 10.6 Å². The zero-order chi connectivity index (χ0) is 17.9. The van der Waals surface area contributed by atoms with E-state index in [1.165, 1.54) is 6.42 Å². The third-order valence-corrected chi connectivity index (χ3v) is 5.58. The zero-order valence-electron chi connectivity index (χ0n) is 14.2. The lowest BCUT2D eigenvalue weighted by molar-refractivity contribution is 0.0697. The number of aromatic carboxylic acids is 1. The number of carbonyl (C=O) groups is 1. The SMILES string of the molecule is O=C(O)c1cccc(-c2nc(CN3CCC[C@H]3Cn3ccnn3)cs2)c1. The van der Waals surface area contributed by atoms with E-state index < -0.39 is 5.97 Å². The molecule has 1 aliphatic rings. The van der Waals surface area contributed by atoms with Gasteiger partial charge in [0.25, 0.3) is 0 Å². The van der Waals surface area contributed by atoms with Crippen molar-refractivity contribution in [3.05, 3.63) is 53.3 Å². The molecule has 1 aromatic carbocycles. The molecule has 0 radical (unpaired) electrons. The fraction of sp³-hybridized carbons (Fsp3) is 0.333. The third kappa shape index (κ3) is 3.66. The van der Waals surface area contributed by atoms with Gasteiger partial charge < -0.3 is 5.11 Å². The smallest absolute Gasteiger partial charge is 0.335 e. The molecule has 1 saturated heterocycles. The number of nitrogens with zero attached hydrogens (tertiary/aromatic N) is 5. The predicted octanol–water partition coefficient (Wildman–Crippen LogP) is 2.76. The molecule has 0 spiro atoms. The van der Waals surface area contributed by atoms with E-state index in [1.54, 1.807) is 35.7 Å². The fourth-order valence-corrected chi connectivity index (χ4v) is 4.17. The number of likely N-dealkylation sites (tertiary alicyclic amines) is 1. The van der Waals surface area contributed by atoms with E-state index in [0.29, 0.717) is 6.04 Å². The highest BCUT2D eigenvalue weighted by molar-refractivity contribution is 7.13. The van der Waals surface area contributed by atoms with Crippen LogP contribution in [0.5, 0.6) is 0 Å². The molecule has 0 amide bonds. The lowest BCUT2D eigenvalue weighted by atomic mass is 10.1. The van der Waals surface area contributed by atoms with Gasteiger partial charge in [-0.2, -0.15) is 0 Å². The Labute approximate surface area is 154 Å². The molecule has 0 aliphatic carbocycles. The normalized spacial score (nSPS) is 17.6. The average Bonchev–Trinajstić information content (AvgIpc) is 3.39. The molecule has 3 heterocycles. The van der Waals surface area contributed by atoms with Crippen LogP contribution in [0, 0.1) is 0 Å². The van der Waals surface area contributed by atoms with Crippen LogP contribution in [-0.2, 0) is 13.1 Å². The molecule has 26 heavy (non-hydrogen) atoms. The number of benzene rings is 1. The average molecular weight is 369 g/mol. The van der Waals surface area contributed by atoms with Gasteiger partial charge in [0, 0.05) is 29.7 Å². The second-order valence-electron chi connectivity index (χ2n) is 6.42. The van der Waals surface area contributed by atoms with Crippen molar-refractivity contribution in [3.63, 3.8) is 0 Å². The van der Waals surface area contributed by atoms with E-state index in [1.807, 2.05) is 16.9 Å². The van der Waals surface area contributed by atoms with E-state index >= 15 is 0 Å². The summed E-state index contributed by atoms with van der Waals surface area (Å²) in [6.45, 7) is 2.70. The Bertz CT molecular complexity index is 893. The zero-order valence-corrected chi connectivity index (χ0v) is 15.0. The summed E-state index contributed by atoms with van der Waals surface area (Å²) >= 11 is 1.55. The van der Waals surface area contributed by atoms with E-state index in [4.69, 9.17) is 10.1 Å². The molecule has 1 fully saturated rings. The van der Waals surface area contributed by atoms with Gasteiger partial charge in [0.15, 0.2) is 0 Å². The standard InChI is InChI=1S/C18H19N5O2S/c24-18(25)14-4-1-3-13(9-14)17-20-15(12-26-17)10-22-7-2-5-16(22)11-23-8-6-19-21-23/h1,3-4,6,8-9,12,16H,2,5,7,10-11H2,(H,24,25)/t16-/m0/s1. The van der Waals surface area contributed by atoms with Crippen molar-refractivity contribution < 1.29 is 9.90 Å². The van der Waals surface area contributed by atoms with Gasteiger partial charge >= 0.3 is 5.97 Å².